The van der Waals surface area contributed by atoms with Crippen LogP contribution in [0.15, 0.2) is 40.6 Å². The molecule has 26 heavy (non-hydrogen) atoms. The summed E-state index contributed by atoms with van der Waals surface area (Å²) in [4.78, 5) is 28.4. The van der Waals surface area contributed by atoms with Crippen molar-refractivity contribution in [1.82, 2.24) is 15.2 Å². The van der Waals surface area contributed by atoms with Gasteiger partial charge in [-0.2, -0.15) is 5.10 Å². The van der Waals surface area contributed by atoms with Crippen molar-refractivity contribution in [2.45, 2.75) is 32.1 Å². The maximum atomic E-state index is 12.4. The van der Waals surface area contributed by atoms with Gasteiger partial charge in [0.15, 0.2) is 5.13 Å². The Bertz CT molecular complexity index is 995. The van der Waals surface area contributed by atoms with E-state index in [0.29, 0.717) is 17.1 Å². The molecule has 0 radical (unpaired) electrons. The summed E-state index contributed by atoms with van der Waals surface area (Å²) in [6, 6.07) is 7.49. The number of H-pyrrole nitrogens is 1. The summed E-state index contributed by atoms with van der Waals surface area (Å²) in [7, 11) is 0. The summed E-state index contributed by atoms with van der Waals surface area (Å²) in [5.41, 5.74) is 4.36. The summed E-state index contributed by atoms with van der Waals surface area (Å²) in [6.45, 7) is 0. The zero-order chi connectivity index (χ0) is 17.9. The van der Waals surface area contributed by atoms with Crippen LogP contribution in [-0.2, 0) is 19.3 Å². The predicted octanol–water partition coefficient (Wildman–Crippen LogP) is 2.95. The third-order valence-corrected chi connectivity index (χ3v) is 5.28. The molecule has 3 aromatic rings. The molecular formula is C19H18N4O2S. The van der Waals surface area contributed by atoms with Crippen molar-refractivity contribution in [2.75, 3.05) is 5.32 Å². The van der Waals surface area contributed by atoms with Gasteiger partial charge in [-0.15, -0.1) is 11.3 Å². The average Bonchev–Trinajstić information content (AvgIpc) is 3.17. The molecule has 0 bridgehead atoms. The lowest BCUT2D eigenvalue weighted by Gasteiger charge is -2.17. The van der Waals surface area contributed by atoms with Crippen LogP contribution in [0, 0.1) is 0 Å². The second kappa shape index (κ2) is 7.21. The normalized spacial score (nSPS) is 13.2. The van der Waals surface area contributed by atoms with E-state index in [2.05, 4.69) is 20.5 Å². The second-order valence-electron chi connectivity index (χ2n) is 6.33. The smallest absolute Gasteiger partial charge is 0.267 e. The largest absolute Gasteiger partial charge is 0.298 e. The molecule has 0 spiro atoms. The molecule has 0 aliphatic heterocycles. The van der Waals surface area contributed by atoms with Crippen molar-refractivity contribution >= 4 is 22.4 Å². The molecule has 1 aliphatic rings. The number of amides is 1. The third kappa shape index (κ3) is 3.43. The lowest BCUT2D eigenvalue weighted by Crippen LogP contribution is -2.23. The number of carbonyl (C=O) groups excluding carboxylic acids is 1. The molecule has 1 amide bonds. The van der Waals surface area contributed by atoms with E-state index in [-0.39, 0.29) is 11.5 Å². The van der Waals surface area contributed by atoms with Crippen LogP contribution in [0.2, 0.25) is 0 Å². The molecule has 2 heterocycles. The number of aromatic nitrogens is 3. The summed E-state index contributed by atoms with van der Waals surface area (Å²) in [5.74, 6) is -0.182. The van der Waals surface area contributed by atoms with Crippen LogP contribution in [0.25, 0.3) is 0 Å². The number of benzene rings is 1. The summed E-state index contributed by atoms with van der Waals surface area (Å²) >= 11 is 1.38. The monoisotopic (exact) mass is 366 g/mol. The fourth-order valence-corrected chi connectivity index (χ4v) is 3.87. The average molecular weight is 366 g/mol. The molecule has 2 aromatic heterocycles. The van der Waals surface area contributed by atoms with Gasteiger partial charge in [-0.3, -0.25) is 14.9 Å². The van der Waals surface area contributed by atoms with Gasteiger partial charge in [0.25, 0.3) is 11.5 Å². The van der Waals surface area contributed by atoms with Crippen LogP contribution in [-0.4, -0.2) is 21.1 Å². The van der Waals surface area contributed by atoms with E-state index in [4.69, 9.17) is 0 Å². The Balaban J connectivity index is 1.58. The van der Waals surface area contributed by atoms with Crippen molar-refractivity contribution in [3.8, 4) is 0 Å². The molecular weight excluding hydrogens is 348 g/mol. The van der Waals surface area contributed by atoms with Gasteiger partial charge in [0.1, 0.15) is 0 Å². The van der Waals surface area contributed by atoms with Crippen LogP contribution in [0.3, 0.4) is 0 Å². The minimum absolute atomic E-state index is 0.0694. The van der Waals surface area contributed by atoms with Gasteiger partial charge in [0.2, 0.25) is 0 Å². The van der Waals surface area contributed by atoms with Gasteiger partial charge in [0.05, 0.1) is 5.69 Å². The van der Waals surface area contributed by atoms with Gasteiger partial charge < -0.3 is 0 Å². The van der Waals surface area contributed by atoms with E-state index in [9.17, 15) is 9.59 Å². The first kappa shape index (κ1) is 16.7. The van der Waals surface area contributed by atoms with Crippen LogP contribution in [0.4, 0.5) is 5.13 Å². The quantitative estimate of drug-likeness (QED) is 0.743. The van der Waals surface area contributed by atoms with E-state index < -0.39 is 0 Å². The fraction of sp³-hybridized carbons (Fsp3) is 0.263. The van der Waals surface area contributed by atoms with E-state index >= 15 is 0 Å². The van der Waals surface area contributed by atoms with E-state index in [1.807, 2.05) is 23.6 Å². The number of hydrogen-bond donors (Lipinski definition) is 2. The molecule has 0 atom stereocenters. The lowest BCUT2D eigenvalue weighted by atomic mass is 9.90. The minimum atomic E-state index is -0.182. The van der Waals surface area contributed by atoms with Crippen LogP contribution < -0.4 is 10.9 Å². The molecule has 1 aromatic carbocycles. The molecule has 1 aliphatic carbocycles. The number of carbonyl (C=O) groups is 1. The zero-order valence-electron chi connectivity index (χ0n) is 14.1. The Morgan fingerprint density at radius 3 is 2.88 bits per heavy atom. The summed E-state index contributed by atoms with van der Waals surface area (Å²) in [5, 5.41) is 12.1. The number of fused-ring (bicyclic) bond motifs is 1. The number of nitrogens with zero attached hydrogens (tertiary/aromatic N) is 2. The van der Waals surface area contributed by atoms with Gasteiger partial charge >= 0.3 is 0 Å². The van der Waals surface area contributed by atoms with Gasteiger partial charge in [-0.25, -0.2) is 10.1 Å². The van der Waals surface area contributed by atoms with Gasteiger partial charge in [-0.1, -0.05) is 12.1 Å². The van der Waals surface area contributed by atoms with Crippen molar-refractivity contribution in [2.24, 2.45) is 0 Å². The predicted molar refractivity (Wildman–Crippen MR) is 101 cm³/mol. The first-order chi connectivity index (χ1) is 12.7. The topological polar surface area (TPSA) is 87.7 Å². The summed E-state index contributed by atoms with van der Waals surface area (Å²) < 4.78 is 0. The maximum Gasteiger partial charge on any atom is 0.267 e. The highest BCUT2D eigenvalue weighted by atomic mass is 32.1. The third-order valence-electron chi connectivity index (χ3n) is 4.60. The van der Waals surface area contributed by atoms with Crippen molar-refractivity contribution in [3.05, 3.63) is 74.1 Å². The molecule has 0 saturated heterocycles. The highest BCUT2D eigenvalue weighted by molar-refractivity contribution is 7.13. The van der Waals surface area contributed by atoms with E-state index in [1.165, 1.54) is 11.3 Å². The summed E-state index contributed by atoms with van der Waals surface area (Å²) in [6.07, 6.45) is 6.09. The number of aromatic amines is 1. The van der Waals surface area contributed by atoms with Crippen molar-refractivity contribution in [1.29, 1.82) is 0 Å². The van der Waals surface area contributed by atoms with Gasteiger partial charge in [-0.05, 0) is 48.9 Å². The van der Waals surface area contributed by atoms with E-state index in [0.717, 1.165) is 48.1 Å². The molecule has 2 N–H and O–H groups in total. The van der Waals surface area contributed by atoms with Crippen molar-refractivity contribution < 1.29 is 4.79 Å². The van der Waals surface area contributed by atoms with Gasteiger partial charge in [0, 0.05) is 29.1 Å². The molecule has 7 heteroatoms. The fourth-order valence-electron chi connectivity index (χ4n) is 3.34. The standard InChI is InChI=1S/C19H18N4O2S/c24-17(21-19-20-8-9-26-19)13-5-3-4-12(10-13)11-16-14-6-1-2-7-15(14)18(25)23-22-16/h3-5,8-10H,1-2,6-7,11H2,(H,23,25)(H,20,21,24). The Morgan fingerprint density at radius 2 is 2.08 bits per heavy atom. The Hall–Kier alpha value is -2.80. The van der Waals surface area contributed by atoms with Crippen LogP contribution in [0.5, 0.6) is 0 Å². The maximum absolute atomic E-state index is 12.4. The molecule has 0 saturated carbocycles. The number of nitrogens with one attached hydrogen (secondary N) is 2. The number of hydrogen-bond acceptors (Lipinski definition) is 5. The highest BCUT2D eigenvalue weighted by Crippen LogP contribution is 2.22. The highest BCUT2D eigenvalue weighted by Gasteiger charge is 2.18. The Kier molecular flexibility index (Phi) is 4.62. The number of rotatable bonds is 4. The molecule has 6 nitrogen and oxygen atoms in total. The number of thiazole rings is 1. The van der Waals surface area contributed by atoms with Crippen LogP contribution in [0.1, 0.15) is 45.6 Å². The minimum Gasteiger partial charge on any atom is -0.298 e. The van der Waals surface area contributed by atoms with Crippen LogP contribution >= 0.6 is 11.3 Å². The first-order valence-corrected chi connectivity index (χ1v) is 9.48. The molecule has 0 unspecified atom stereocenters. The molecule has 132 valence electrons. The zero-order valence-corrected chi connectivity index (χ0v) is 14.9. The molecule has 4 rings (SSSR count). The number of anilines is 1. The Labute approximate surface area is 154 Å². The Morgan fingerprint density at radius 1 is 1.23 bits per heavy atom. The second-order valence-corrected chi connectivity index (χ2v) is 7.23. The van der Waals surface area contributed by atoms with E-state index in [1.54, 1.807) is 12.3 Å². The first-order valence-electron chi connectivity index (χ1n) is 8.60. The lowest BCUT2D eigenvalue weighted by molar-refractivity contribution is 0.102. The SMILES string of the molecule is O=C(Nc1nccs1)c1cccc(Cc2n[nH]c(=O)c3c2CCCC3)c1. The molecule has 0 fully saturated rings. The van der Waals surface area contributed by atoms with Crippen molar-refractivity contribution in [3.63, 3.8) is 0 Å².